The molecule has 0 radical (unpaired) electrons. The van der Waals surface area contributed by atoms with Crippen LogP contribution >= 0.6 is 0 Å². The van der Waals surface area contributed by atoms with E-state index in [1.54, 1.807) is 0 Å². The number of rotatable bonds is 6. The summed E-state index contributed by atoms with van der Waals surface area (Å²) in [6.07, 6.45) is 4.24. The van der Waals surface area contributed by atoms with Crippen LogP contribution in [0.1, 0.15) is 53.4 Å². The number of hydrogen-bond acceptors (Lipinski definition) is 2. The molecule has 3 nitrogen and oxygen atoms in total. The van der Waals surface area contributed by atoms with Crippen molar-refractivity contribution in [3.8, 4) is 0 Å². The van der Waals surface area contributed by atoms with Crippen LogP contribution in [0.15, 0.2) is 0 Å². The van der Waals surface area contributed by atoms with Gasteiger partial charge in [-0.05, 0) is 26.2 Å². The summed E-state index contributed by atoms with van der Waals surface area (Å²) in [5.74, 6) is 1.12. The number of hydrogen-bond donors (Lipinski definition) is 0. The first-order chi connectivity index (χ1) is 8.50. The third-order valence-corrected chi connectivity index (χ3v) is 3.82. The van der Waals surface area contributed by atoms with E-state index in [2.05, 4.69) is 32.6 Å². The third kappa shape index (κ3) is 5.38. The van der Waals surface area contributed by atoms with E-state index in [1.165, 1.54) is 12.8 Å². The molecule has 0 atom stereocenters. The number of piperazine rings is 1. The molecule has 1 heterocycles. The van der Waals surface area contributed by atoms with Crippen LogP contribution in [-0.4, -0.2) is 47.9 Å². The molecular formula is C15H30N2O. The fraction of sp³-hybridized carbons (Fsp3) is 0.933. The minimum atomic E-state index is 0.363. The summed E-state index contributed by atoms with van der Waals surface area (Å²) in [6.45, 7) is 12.8. The molecule has 0 N–H and O–H groups in total. The van der Waals surface area contributed by atoms with Gasteiger partial charge < -0.3 is 4.90 Å². The van der Waals surface area contributed by atoms with Crippen LogP contribution in [0.4, 0.5) is 0 Å². The molecule has 1 amide bonds. The molecule has 0 saturated carbocycles. The Kier molecular flexibility index (Phi) is 6.69. The van der Waals surface area contributed by atoms with E-state index in [0.717, 1.165) is 44.9 Å². The first-order valence-electron chi connectivity index (χ1n) is 7.52. The maximum absolute atomic E-state index is 12.0. The van der Waals surface area contributed by atoms with Crippen LogP contribution in [0.25, 0.3) is 0 Å². The van der Waals surface area contributed by atoms with Crippen LogP contribution in [0.3, 0.4) is 0 Å². The van der Waals surface area contributed by atoms with E-state index in [4.69, 9.17) is 0 Å². The predicted molar refractivity (Wildman–Crippen MR) is 76.6 cm³/mol. The Morgan fingerprint density at radius 2 is 1.61 bits per heavy atom. The molecule has 1 fully saturated rings. The van der Waals surface area contributed by atoms with E-state index >= 15 is 0 Å². The molecule has 106 valence electrons. The Bertz CT molecular complexity index is 243. The maximum Gasteiger partial charge on any atom is 0.222 e. The number of amides is 1. The van der Waals surface area contributed by atoms with E-state index < -0.39 is 0 Å². The summed E-state index contributed by atoms with van der Waals surface area (Å²) in [6, 6.07) is 0.605. The van der Waals surface area contributed by atoms with Crippen LogP contribution in [-0.2, 0) is 4.79 Å². The fourth-order valence-electron chi connectivity index (χ4n) is 2.47. The normalized spacial score (nSPS) is 17.8. The zero-order valence-corrected chi connectivity index (χ0v) is 12.6. The Labute approximate surface area is 113 Å². The summed E-state index contributed by atoms with van der Waals surface area (Å²) >= 11 is 0. The molecule has 1 rings (SSSR count). The average Bonchev–Trinajstić information content (AvgIpc) is 2.34. The van der Waals surface area contributed by atoms with Gasteiger partial charge in [-0.1, -0.05) is 26.7 Å². The highest BCUT2D eigenvalue weighted by atomic mass is 16.2. The first-order valence-corrected chi connectivity index (χ1v) is 7.52. The van der Waals surface area contributed by atoms with E-state index in [1.807, 2.05) is 4.90 Å². The minimum absolute atomic E-state index is 0.363. The van der Waals surface area contributed by atoms with Crippen molar-refractivity contribution >= 4 is 5.91 Å². The topological polar surface area (TPSA) is 23.6 Å². The molecule has 0 unspecified atom stereocenters. The molecule has 1 aliphatic rings. The van der Waals surface area contributed by atoms with Crippen LogP contribution in [0.5, 0.6) is 0 Å². The van der Waals surface area contributed by atoms with Crippen molar-refractivity contribution in [2.45, 2.75) is 59.4 Å². The predicted octanol–water partition coefficient (Wildman–Crippen LogP) is 2.76. The molecule has 1 saturated heterocycles. The first kappa shape index (κ1) is 15.5. The second-order valence-electron chi connectivity index (χ2n) is 6.15. The van der Waals surface area contributed by atoms with Crippen molar-refractivity contribution in [2.75, 3.05) is 26.2 Å². The highest BCUT2D eigenvalue weighted by Crippen LogP contribution is 2.11. The third-order valence-electron chi connectivity index (χ3n) is 3.82. The van der Waals surface area contributed by atoms with E-state index in [0.29, 0.717) is 11.9 Å². The molecule has 0 bridgehead atoms. The zero-order valence-electron chi connectivity index (χ0n) is 12.6. The van der Waals surface area contributed by atoms with Gasteiger partial charge in [-0.2, -0.15) is 0 Å². The van der Waals surface area contributed by atoms with Gasteiger partial charge >= 0.3 is 0 Å². The average molecular weight is 254 g/mol. The smallest absolute Gasteiger partial charge is 0.222 e. The fourth-order valence-corrected chi connectivity index (χ4v) is 2.47. The summed E-state index contributed by atoms with van der Waals surface area (Å²) in [4.78, 5) is 16.5. The Morgan fingerprint density at radius 3 is 2.11 bits per heavy atom. The van der Waals surface area contributed by atoms with Gasteiger partial charge in [0.25, 0.3) is 0 Å². The SMILES string of the molecule is CC(C)CCCCC(=O)N1CCN(C(C)C)CC1. The molecule has 0 aromatic rings. The van der Waals surface area contributed by atoms with Crippen LogP contribution < -0.4 is 0 Å². The lowest BCUT2D eigenvalue weighted by molar-refractivity contribution is -0.133. The molecular weight excluding hydrogens is 224 g/mol. The number of carbonyl (C=O) groups excluding carboxylic acids is 1. The van der Waals surface area contributed by atoms with Gasteiger partial charge in [-0.3, -0.25) is 9.69 Å². The highest BCUT2D eigenvalue weighted by Gasteiger charge is 2.21. The van der Waals surface area contributed by atoms with Crippen molar-refractivity contribution < 1.29 is 4.79 Å². The highest BCUT2D eigenvalue weighted by molar-refractivity contribution is 5.76. The summed E-state index contributed by atoms with van der Waals surface area (Å²) in [5, 5.41) is 0. The van der Waals surface area contributed by atoms with Crippen molar-refractivity contribution in [3.05, 3.63) is 0 Å². The summed E-state index contributed by atoms with van der Waals surface area (Å²) in [7, 11) is 0. The van der Waals surface area contributed by atoms with Crippen molar-refractivity contribution in [3.63, 3.8) is 0 Å². The largest absolute Gasteiger partial charge is 0.340 e. The van der Waals surface area contributed by atoms with Crippen molar-refractivity contribution in [2.24, 2.45) is 5.92 Å². The van der Waals surface area contributed by atoms with Crippen LogP contribution in [0, 0.1) is 5.92 Å². The molecule has 1 aliphatic heterocycles. The van der Waals surface area contributed by atoms with Gasteiger partial charge in [0.2, 0.25) is 5.91 Å². The Balaban J connectivity index is 2.16. The summed E-state index contributed by atoms with van der Waals surface area (Å²) in [5.41, 5.74) is 0. The van der Waals surface area contributed by atoms with E-state index in [9.17, 15) is 4.79 Å². The molecule has 0 spiro atoms. The Hall–Kier alpha value is -0.570. The molecule has 0 aromatic carbocycles. The lowest BCUT2D eigenvalue weighted by atomic mass is 10.0. The van der Waals surface area contributed by atoms with Gasteiger partial charge in [-0.15, -0.1) is 0 Å². The van der Waals surface area contributed by atoms with Gasteiger partial charge in [0.15, 0.2) is 0 Å². The molecule has 18 heavy (non-hydrogen) atoms. The van der Waals surface area contributed by atoms with Gasteiger partial charge in [0, 0.05) is 38.6 Å². The number of nitrogens with zero attached hydrogens (tertiary/aromatic N) is 2. The lowest BCUT2D eigenvalue weighted by Crippen LogP contribution is -2.50. The maximum atomic E-state index is 12.0. The van der Waals surface area contributed by atoms with Gasteiger partial charge in [-0.25, -0.2) is 0 Å². The second kappa shape index (κ2) is 7.78. The minimum Gasteiger partial charge on any atom is -0.340 e. The standard InChI is InChI=1S/C15H30N2O/c1-13(2)7-5-6-8-15(18)17-11-9-16(10-12-17)14(3)4/h13-14H,5-12H2,1-4H3. The summed E-state index contributed by atoms with van der Waals surface area (Å²) < 4.78 is 0. The quantitative estimate of drug-likeness (QED) is 0.681. The van der Waals surface area contributed by atoms with Crippen molar-refractivity contribution in [1.29, 1.82) is 0 Å². The molecule has 0 aromatic heterocycles. The lowest BCUT2D eigenvalue weighted by Gasteiger charge is -2.37. The molecule has 3 heteroatoms. The number of carbonyl (C=O) groups is 1. The second-order valence-corrected chi connectivity index (χ2v) is 6.15. The van der Waals surface area contributed by atoms with Gasteiger partial charge in [0.1, 0.15) is 0 Å². The zero-order chi connectivity index (χ0) is 13.5. The van der Waals surface area contributed by atoms with E-state index in [-0.39, 0.29) is 0 Å². The van der Waals surface area contributed by atoms with Crippen LogP contribution in [0.2, 0.25) is 0 Å². The Morgan fingerprint density at radius 1 is 1.00 bits per heavy atom. The monoisotopic (exact) mass is 254 g/mol. The van der Waals surface area contributed by atoms with Crippen molar-refractivity contribution in [1.82, 2.24) is 9.80 Å². The number of unbranched alkanes of at least 4 members (excludes halogenated alkanes) is 1. The molecule has 0 aliphatic carbocycles. The van der Waals surface area contributed by atoms with Gasteiger partial charge in [0.05, 0.1) is 0 Å².